The highest BCUT2D eigenvalue weighted by Gasteiger charge is 2.27. The van der Waals surface area contributed by atoms with Crippen molar-refractivity contribution in [3.8, 4) is 0 Å². The van der Waals surface area contributed by atoms with Crippen LogP contribution in [0, 0.1) is 0 Å². The normalized spacial score (nSPS) is 17.0. The van der Waals surface area contributed by atoms with E-state index in [1.165, 1.54) is 34.5 Å². The van der Waals surface area contributed by atoms with Crippen molar-refractivity contribution in [2.45, 2.75) is 32.6 Å². The summed E-state index contributed by atoms with van der Waals surface area (Å²) < 4.78 is 0. The van der Waals surface area contributed by atoms with E-state index in [1.54, 1.807) is 0 Å². The molecule has 0 bridgehead atoms. The van der Waals surface area contributed by atoms with E-state index in [-0.39, 0.29) is 35.2 Å². The number of amidine groups is 1. The van der Waals surface area contributed by atoms with Crippen molar-refractivity contribution in [1.82, 2.24) is 9.88 Å². The molecule has 0 radical (unpaired) electrons. The summed E-state index contributed by atoms with van der Waals surface area (Å²) in [5.41, 5.74) is 1.10. The Morgan fingerprint density at radius 1 is 1.35 bits per heavy atom. The Bertz CT molecular complexity index is 675. The van der Waals surface area contributed by atoms with Crippen molar-refractivity contribution in [2.24, 2.45) is 4.99 Å². The number of nitrogens with zero attached hydrogens (tertiary/aromatic N) is 3. The SMILES string of the molecule is CC(=O)N1CC(=O)N=C1SCC(=O)Nc1nc2c(s1)CCCC2. The van der Waals surface area contributed by atoms with Gasteiger partial charge >= 0.3 is 0 Å². The second-order valence-electron chi connectivity index (χ2n) is 5.33. The molecule has 0 atom stereocenters. The van der Waals surface area contributed by atoms with E-state index >= 15 is 0 Å². The molecule has 23 heavy (non-hydrogen) atoms. The van der Waals surface area contributed by atoms with Crippen LogP contribution in [0.2, 0.25) is 0 Å². The molecule has 0 unspecified atom stereocenters. The quantitative estimate of drug-likeness (QED) is 0.889. The van der Waals surface area contributed by atoms with Crippen LogP contribution in [0.3, 0.4) is 0 Å². The molecule has 9 heteroatoms. The molecule has 122 valence electrons. The van der Waals surface area contributed by atoms with Gasteiger partial charge in [0.1, 0.15) is 6.54 Å². The first-order chi connectivity index (χ1) is 11.0. The average Bonchev–Trinajstić information content (AvgIpc) is 3.07. The van der Waals surface area contributed by atoms with Crippen molar-refractivity contribution in [2.75, 3.05) is 17.6 Å². The van der Waals surface area contributed by atoms with Crippen LogP contribution in [0.1, 0.15) is 30.3 Å². The second-order valence-corrected chi connectivity index (χ2v) is 7.35. The van der Waals surface area contributed by atoms with Gasteiger partial charge in [-0.15, -0.1) is 11.3 Å². The molecule has 3 amide bonds. The van der Waals surface area contributed by atoms with E-state index in [2.05, 4.69) is 15.3 Å². The molecule has 0 fully saturated rings. The Hall–Kier alpha value is -1.74. The number of anilines is 1. The van der Waals surface area contributed by atoms with Gasteiger partial charge in [0.2, 0.25) is 11.8 Å². The van der Waals surface area contributed by atoms with E-state index in [4.69, 9.17) is 0 Å². The van der Waals surface area contributed by atoms with Gasteiger partial charge in [-0.2, -0.15) is 4.99 Å². The molecule has 0 saturated heterocycles. The number of nitrogens with one attached hydrogen (secondary N) is 1. The van der Waals surface area contributed by atoms with Crippen LogP contribution in [0.15, 0.2) is 4.99 Å². The van der Waals surface area contributed by atoms with Crippen LogP contribution in [-0.4, -0.2) is 45.1 Å². The second kappa shape index (κ2) is 6.79. The molecule has 1 aliphatic carbocycles. The number of thiazole rings is 1. The highest BCUT2D eigenvalue weighted by atomic mass is 32.2. The van der Waals surface area contributed by atoms with Gasteiger partial charge in [-0.3, -0.25) is 19.3 Å². The number of aliphatic imine (C=N–C) groups is 1. The molecule has 1 aromatic rings. The topological polar surface area (TPSA) is 91.7 Å². The Kier molecular flexibility index (Phi) is 4.76. The Morgan fingerprint density at radius 2 is 2.13 bits per heavy atom. The average molecular weight is 352 g/mol. The summed E-state index contributed by atoms with van der Waals surface area (Å²) >= 11 is 2.61. The third kappa shape index (κ3) is 3.78. The number of hydrogen-bond donors (Lipinski definition) is 1. The van der Waals surface area contributed by atoms with Crippen LogP contribution < -0.4 is 5.32 Å². The molecule has 1 aromatic heterocycles. The first-order valence-corrected chi connectivity index (χ1v) is 9.14. The number of thioether (sulfide) groups is 1. The Balaban J connectivity index is 1.55. The van der Waals surface area contributed by atoms with Crippen LogP contribution in [-0.2, 0) is 27.2 Å². The monoisotopic (exact) mass is 352 g/mol. The van der Waals surface area contributed by atoms with Gasteiger partial charge in [-0.05, 0) is 25.7 Å². The largest absolute Gasteiger partial charge is 0.301 e. The predicted octanol–water partition coefficient (Wildman–Crippen LogP) is 1.44. The molecule has 1 aliphatic heterocycles. The lowest BCUT2D eigenvalue weighted by Gasteiger charge is -2.13. The van der Waals surface area contributed by atoms with Crippen LogP contribution in [0.25, 0.3) is 0 Å². The maximum Gasteiger partial charge on any atom is 0.268 e. The molecule has 7 nitrogen and oxygen atoms in total. The van der Waals surface area contributed by atoms with Crippen molar-refractivity contribution in [3.63, 3.8) is 0 Å². The lowest BCUT2D eigenvalue weighted by molar-refractivity contribution is -0.127. The summed E-state index contributed by atoms with van der Waals surface area (Å²) in [6.07, 6.45) is 4.33. The minimum absolute atomic E-state index is 0.0432. The highest BCUT2D eigenvalue weighted by Crippen LogP contribution is 2.29. The number of aromatic nitrogens is 1. The van der Waals surface area contributed by atoms with E-state index in [1.807, 2.05) is 0 Å². The third-order valence-corrected chi connectivity index (χ3v) is 5.60. The number of carbonyl (C=O) groups excluding carboxylic acids is 3. The van der Waals surface area contributed by atoms with Gasteiger partial charge in [0, 0.05) is 11.8 Å². The maximum absolute atomic E-state index is 12.0. The fraction of sp³-hybridized carbons (Fsp3) is 0.500. The first-order valence-electron chi connectivity index (χ1n) is 7.34. The van der Waals surface area contributed by atoms with Crippen molar-refractivity contribution >= 4 is 51.1 Å². The molecule has 1 N–H and O–H groups in total. The summed E-state index contributed by atoms with van der Waals surface area (Å²) in [6, 6.07) is 0. The maximum atomic E-state index is 12.0. The first kappa shape index (κ1) is 16.1. The fourth-order valence-corrected chi connectivity index (χ4v) is 4.37. The van der Waals surface area contributed by atoms with Gasteiger partial charge in [-0.25, -0.2) is 4.98 Å². The third-order valence-electron chi connectivity index (χ3n) is 3.55. The van der Waals surface area contributed by atoms with Crippen molar-refractivity contribution < 1.29 is 14.4 Å². The molecular formula is C14H16N4O3S2. The van der Waals surface area contributed by atoms with Crippen molar-refractivity contribution in [3.05, 3.63) is 10.6 Å². The molecule has 0 saturated carbocycles. The minimum Gasteiger partial charge on any atom is -0.301 e. The van der Waals surface area contributed by atoms with Crippen molar-refractivity contribution in [1.29, 1.82) is 0 Å². The van der Waals surface area contributed by atoms with E-state index in [0.717, 1.165) is 36.7 Å². The number of aryl methyl sites for hydroxylation is 2. The molecule has 0 spiro atoms. The molecule has 3 rings (SSSR count). The summed E-state index contributed by atoms with van der Waals surface area (Å²) in [5, 5.41) is 3.69. The fourth-order valence-electron chi connectivity index (χ4n) is 2.45. The van der Waals surface area contributed by atoms with Gasteiger partial charge in [0.15, 0.2) is 10.3 Å². The lowest BCUT2D eigenvalue weighted by atomic mass is 10.0. The van der Waals surface area contributed by atoms with E-state index in [9.17, 15) is 14.4 Å². The zero-order chi connectivity index (χ0) is 16.4. The van der Waals surface area contributed by atoms with E-state index < -0.39 is 0 Å². The van der Waals surface area contributed by atoms with E-state index in [0.29, 0.717) is 5.13 Å². The van der Waals surface area contributed by atoms with Gasteiger partial charge in [0.05, 0.1) is 11.4 Å². The van der Waals surface area contributed by atoms with Gasteiger partial charge < -0.3 is 5.32 Å². The van der Waals surface area contributed by atoms with Gasteiger partial charge in [-0.1, -0.05) is 11.8 Å². The number of amides is 3. The number of rotatable bonds is 3. The highest BCUT2D eigenvalue weighted by molar-refractivity contribution is 8.14. The minimum atomic E-state index is -0.365. The summed E-state index contributed by atoms with van der Waals surface area (Å²) in [7, 11) is 0. The zero-order valence-corrected chi connectivity index (χ0v) is 14.3. The standard InChI is InChI=1S/C14H16N4O3S2/c1-8(19)18-6-11(20)17-14(18)22-7-12(21)16-13-15-9-4-2-3-5-10(9)23-13/h2-7H2,1H3,(H,15,16,21). The Labute approximate surface area is 141 Å². The smallest absolute Gasteiger partial charge is 0.268 e. The number of carbonyl (C=O) groups is 3. The lowest BCUT2D eigenvalue weighted by Crippen LogP contribution is -2.32. The van der Waals surface area contributed by atoms with Crippen LogP contribution >= 0.6 is 23.1 Å². The molecular weight excluding hydrogens is 336 g/mol. The number of hydrogen-bond acceptors (Lipinski definition) is 6. The van der Waals surface area contributed by atoms with Crippen LogP contribution in [0.5, 0.6) is 0 Å². The number of fused-ring (bicyclic) bond motifs is 1. The molecule has 2 heterocycles. The summed E-state index contributed by atoms with van der Waals surface area (Å²) in [5.74, 6) is -0.752. The molecule has 0 aromatic carbocycles. The zero-order valence-electron chi connectivity index (χ0n) is 12.6. The Morgan fingerprint density at radius 3 is 2.87 bits per heavy atom. The predicted molar refractivity (Wildman–Crippen MR) is 89.7 cm³/mol. The summed E-state index contributed by atoms with van der Waals surface area (Å²) in [4.78, 5) is 45.5. The summed E-state index contributed by atoms with van der Waals surface area (Å²) in [6.45, 7) is 1.33. The van der Waals surface area contributed by atoms with Crippen LogP contribution in [0.4, 0.5) is 5.13 Å². The van der Waals surface area contributed by atoms with Gasteiger partial charge in [0.25, 0.3) is 5.91 Å². The molecule has 2 aliphatic rings.